The minimum atomic E-state index is -0.429. The number of rotatable bonds is 5. The maximum Gasteiger partial charge on any atom is 0.264 e. The van der Waals surface area contributed by atoms with Gasteiger partial charge in [0.05, 0.1) is 17.9 Å². The van der Waals surface area contributed by atoms with E-state index in [1.54, 1.807) is 28.9 Å². The van der Waals surface area contributed by atoms with Crippen LogP contribution in [0.4, 0.5) is 10.2 Å². The van der Waals surface area contributed by atoms with Gasteiger partial charge in [0.25, 0.3) is 5.56 Å². The number of aryl methyl sites for hydroxylation is 1. The number of hydrogen-bond acceptors (Lipinski definition) is 6. The standard InChI is InChI=1S/C22H19FN6OS/c1-3-16(28-21-19-20(25-10-24-19)26-11-27-21)14-8-17-29(12(2)9-31-17)22(30)18(14)13-6-4-5-7-15(13)23/h4-11,16H,3H2,1-2H3,(H2,24,25,26,27,28). The Morgan fingerprint density at radius 3 is 2.90 bits per heavy atom. The first-order valence-corrected chi connectivity index (χ1v) is 10.8. The van der Waals surface area contributed by atoms with E-state index in [9.17, 15) is 9.18 Å². The Kier molecular flexibility index (Phi) is 4.74. The molecule has 0 saturated carbocycles. The average Bonchev–Trinajstić information content (AvgIpc) is 3.40. The summed E-state index contributed by atoms with van der Waals surface area (Å²) in [4.78, 5) is 30.1. The van der Waals surface area contributed by atoms with Crippen molar-refractivity contribution in [2.24, 2.45) is 0 Å². The van der Waals surface area contributed by atoms with E-state index in [0.717, 1.165) is 16.1 Å². The Hall–Kier alpha value is -3.59. The molecule has 0 amide bonds. The zero-order chi connectivity index (χ0) is 21.5. The number of nitrogens with zero attached hydrogens (tertiary/aromatic N) is 4. The summed E-state index contributed by atoms with van der Waals surface area (Å²) in [5.74, 6) is 0.151. The van der Waals surface area contributed by atoms with Crippen LogP contribution in [0, 0.1) is 12.7 Å². The van der Waals surface area contributed by atoms with E-state index in [0.29, 0.717) is 29.0 Å². The van der Waals surface area contributed by atoms with E-state index in [-0.39, 0.29) is 17.2 Å². The molecule has 0 spiro atoms. The number of H-pyrrole nitrogens is 1. The molecule has 0 radical (unpaired) electrons. The molecule has 1 unspecified atom stereocenters. The predicted octanol–water partition coefficient (Wildman–Crippen LogP) is 4.71. The molecule has 0 saturated heterocycles. The van der Waals surface area contributed by atoms with Gasteiger partial charge in [-0.05, 0) is 31.0 Å². The molecule has 1 atom stereocenters. The van der Waals surface area contributed by atoms with Crippen LogP contribution in [0.1, 0.15) is 30.6 Å². The first kappa shape index (κ1) is 19.4. The number of thiazole rings is 1. The van der Waals surface area contributed by atoms with Gasteiger partial charge in [0.1, 0.15) is 22.5 Å². The topological polar surface area (TPSA) is 88.0 Å². The molecule has 5 rings (SSSR count). The van der Waals surface area contributed by atoms with Crippen molar-refractivity contribution in [3.05, 3.63) is 75.8 Å². The molecule has 0 bridgehead atoms. The lowest BCUT2D eigenvalue weighted by Crippen LogP contribution is -2.22. The van der Waals surface area contributed by atoms with Crippen LogP contribution in [0.15, 0.2) is 53.2 Å². The van der Waals surface area contributed by atoms with Gasteiger partial charge < -0.3 is 10.3 Å². The quantitative estimate of drug-likeness (QED) is 0.418. The van der Waals surface area contributed by atoms with E-state index >= 15 is 0 Å². The van der Waals surface area contributed by atoms with E-state index in [4.69, 9.17) is 0 Å². The zero-order valence-corrected chi connectivity index (χ0v) is 17.7. The molecule has 0 aliphatic rings. The van der Waals surface area contributed by atoms with Crippen LogP contribution in [-0.4, -0.2) is 24.3 Å². The third-order valence-corrected chi connectivity index (χ3v) is 6.37. The van der Waals surface area contributed by atoms with Gasteiger partial charge in [-0.25, -0.2) is 19.3 Å². The van der Waals surface area contributed by atoms with Gasteiger partial charge in [-0.15, -0.1) is 11.3 Å². The van der Waals surface area contributed by atoms with Crippen LogP contribution in [0.5, 0.6) is 0 Å². The van der Waals surface area contributed by atoms with Crippen molar-refractivity contribution in [1.29, 1.82) is 0 Å². The predicted molar refractivity (Wildman–Crippen MR) is 120 cm³/mol. The lowest BCUT2D eigenvalue weighted by atomic mass is 9.94. The number of aromatic amines is 1. The van der Waals surface area contributed by atoms with Gasteiger partial charge >= 0.3 is 0 Å². The Morgan fingerprint density at radius 2 is 2.10 bits per heavy atom. The van der Waals surface area contributed by atoms with Crippen molar-refractivity contribution in [2.45, 2.75) is 26.3 Å². The third-order valence-electron chi connectivity index (χ3n) is 5.37. The lowest BCUT2D eigenvalue weighted by molar-refractivity contribution is 0.630. The molecular formula is C22H19FN6OS. The van der Waals surface area contributed by atoms with Crippen LogP contribution in [0.2, 0.25) is 0 Å². The Bertz CT molecular complexity index is 1470. The molecule has 5 aromatic rings. The highest BCUT2D eigenvalue weighted by Crippen LogP contribution is 2.34. The number of aromatic nitrogens is 5. The number of halogens is 1. The van der Waals surface area contributed by atoms with Gasteiger partial charge in [0, 0.05) is 16.6 Å². The van der Waals surface area contributed by atoms with Crippen LogP contribution < -0.4 is 10.9 Å². The van der Waals surface area contributed by atoms with Crippen molar-refractivity contribution < 1.29 is 4.39 Å². The maximum atomic E-state index is 14.8. The number of hydrogen-bond donors (Lipinski definition) is 2. The van der Waals surface area contributed by atoms with Gasteiger partial charge in [-0.3, -0.25) is 9.20 Å². The summed E-state index contributed by atoms with van der Waals surface area (Å²) in [6.45, 7) is 3.89. The van der Waals surface area contributed by atoms with Gasteiger partial charge in [0.15, 0.2) is 11.5 Å². The molecule has 4 aromatic heterocycles. The second-order valence-electron chi connectivity index (χ2n) is 7.24. The van der Waals surface area contributed by atoms with E-state index in [2.05, 4.69) is 25.3 Å². The maximum absolute atomic E-state index is 14.8. The van der Waals surface area contributed by atoms with Crippen molar-refractivity contribution in [3.63, 3.8) is 0 Å². The normalized spacial score (nSPS) is 12.5. The van der Waals surface area contributed by atoms with Gasteiger partial charge in [-0.1, -0.05) is 25.1 Å². The number of fused-ring (bicyclic) bond motifs is 2. The summed E-state index contributed by atoms with van der Waals surface area (Å²) >= 11 is 1.49. The number of anilines is 1. The molecule has 0 fully saturated rings. The fourth-order valence-electron chi connectivity index (χ4n) is 3.87. The number of benzene rings is 1. The van der Waals surface area contributed by atoms with Crippen molar-refractivity contribution >= 4 is 33.1 Å². The molecule has 9 heteroatoms. The van der Waals surface area contributed by atoms with Crippen LogP contribution in [0.25, 0.3) is 27.1 Å². The molecule has 4 heterocycles. The van der Waals surface area contributed by atoms with E-state index in [1.807, 2.05) is 25.3 Å². The molecule has 1 aromatic carbocycles. The summed E-state index contributed by atoms with van der Waals surface area (Å²) in [5, 5.41) is 5.34. The highest BCUT2D eigenvalue weighted by molar-refractivity contribution is 7.15. The smallest absolute Gasteiger partial charge is 0.264 e. The molecule has 31 heavy (non-hydrogen) atoms. The van der Waals surface area contributed by atoms with Crippen molar-refractivity contribution in [1.82, 2.24) is 24.3 Å². The average molecular weight is 435 g/mol. The molecule has 0 aliphatic heterocycles. The number of nitrogens with one attached hydrogen (secondary N) is 2. The summed E-state index contributed by atoms with van der Waals surface area (Å²) in [6.07, 6.45) is 3.65. The van der Waals surface area contributed by atoms with E-state index < -0.39 is 5.82 Å². The Labute approximate surface area is 180 Å². The zero-order valence-electron chi connectivity index (χ0n) is 16.9. The van der Waals surface area contributed by atoms with Crippen molar-refractivity contribution in [3.8, 4) is 11.1 Å². The van der Waals surface area contributed by atoms with E-state index in [1.165, 1.54) is 23.7 Å². The Morgan fingerprint density at radius 1 is 1.26 bits per heavy atom. The molecule has 0 aliphatic carbocycles. The summed E-state index contributed by atoms with van der Waals surface area (Å²) < 4.78 is 16.5. The minimum Gasteiger partial charge on any atom is -0.361 e. The largest absolute Gasteiger partial charge is 0.361 e. The molecule has 2 N–H and O–H groups in total. The monoisotopic (exact) mass is 434 g/mol. The Balaban J connectivity index is 1.74. The fourth-order valence-corrected chi connectivity index (χ4v) is 4.80. The minimum absolute atomic E-state index is 0.231. The van der Waals surface area contributed by atoms with Crippen LogP contribution in [0.3, 0.4) is 0 Å². The second kappa shape index (κ2) is 7.59. The second-order valence-corrected chi connectivity index (χ2v) is 8.13. The summed E-state index contributed by atoms with van der Waals surface area (Å²) in [5.41, 5.74) is 3.19. The fraction of sp³-hybridized carbons (Fsp3) is 0.182. The van der Waals surface area contributed by atoms with Crippen LogP contribution in [-0.2, 0) is 0 Å². The number of pyridine rings is 1. The van der Waals surface area contributed by atoms with Gasteiger partial charge in [-0.2, -0.15) is 0 Å². The first-order valence-electron chi connectivity index (χ1n) is 9.87. The highest BCUT2D eigenvalue weighted by Gasteiger charge is 2.23. The molecule has 156 valence electrons. The lowest BCUT2D eigenvalue weighted by Gasteiger charge is -2.22. The third kappa shape index (κ3) is 3.17. The first-order chi connectivity index (χ1) is 15.1. The van der Waals surface area contributed by atoms with Crippen LogP contribution >= 0.6 is 11.3 Å². The van der Waals surface area contributed by atoms with Gasteiger partial charge in [0.2, 0.25) is 0 Å². The molecule has 7 nitrogen and oxygen atoms in total. The summed E-state index contributed by atoms with van der Waals surface area (Å²) in [7, 11) is 0. The SMILES string of the molecule is CCC(Nc1ncnc2nc[nH]c12)c1cc2scc(C)n2c(=O)c1-c1ccccc1F. The summed E-state index contributed by atoms with van der Waals surface area (Å²) in [6, 6.07) is 8.07. The molecular weight excluding hydrogens is 415 g/mol. The number of imidazole rings is 1. The highest BCUT2D eigenvalue weighted by atomic mass is 32.1. The van der Waals surface area contributed by atoms with Crippen molar-refractivity contribution in [2.75, 3.05) is 5.32 Å².